The Morgan fingerprint density at radius 1 is 1.11 bits per heavy atom. The molecule has 0 radical (unpaired) electrons. The molecule has 0 aliphatic carbocycles. The van der Waals surface area contributed by atoms with Crippen molar-refractivity contribution in [2.75, 3.05) is 0 Å². The number of aromatic amines is 1. The van der Waals surface area contributed by atoms with E-state index < -0.39 is 0 Å². The lowest BCUT2D eigenvalue weighted by Crippen LogP contribution is -1.97. The third-order valence-electron chi connectivity index (χ3n) is 3.82. The van der Waals surface area contributed by atoms with E-state index in [1.54, 1.807) is 24.6 Å². The van der Waals surface area contributed by atoms with Gasteiger partial charge in [0.2, 0.25) is 10.6 Å². The van der Waals surface area contributed by atoms with Crippen LogP contribution in [0.2, 0.25) is 0 Å². The standard InChI is InChI=1S/C20H16N4O2S/c27-20-23-22-19(18-10-5-11-25-18)24(20)21-13-16-8-4-9-17(12-16)26-14-15-6-2-1-3-7-15/h1-13H,14H2,(H,23,27)/b21-13+. The fraction of sp³-hybridized carbons (Fsp3) is 0.0500. The second-order valence-electron chi connectivity index (χ2n) is 5.73. The summed E-state index contributed by atoms with van der Waals surface area (Å²) >= 11 is 5.25. The molecule has 0 atom stereocenters. The molecule has 0 aliphatic rings. The molecule has 2 heterocycles. The summed E-state index contributed by atoms with van der Waals surface area (Å²) in [6, 6.07) is 21.3. The monoisotopic (exact) mass is 376 g/mol. The molecule has 0 aliphatic heterocycles. The van der Waals surface area contributed by atoms with Crippen LogP contribution in [0.5, 0.6) is 5.75 Å². The van der Waals surface area contributed by atoms with Crippen LogP contribution < -0.4 is 4.74 Å². The van der Waals surface area contributed by atoms with Gasteiger partial charge in [0.25, 0.3) is 0 Å². The van der Waals surface area contributed by atoms with Crippen molar-refractivity contribution in [3.8, 4) is 17.3 Å². The van der Waals surface area contributed by atoms with Crippen LogP contribution in [-0.2, 0) is 6.61 Å². The molecule has 4 rings (SSSR count). The molecule has 0 spiro atoms. The molecule has 0 unspecified atom stereocenters. The highest BCUT2D eigenvalue weighted by Gasteiger charge is 2.10. The Kier molecular flexibility index (Phi) is 4.93. The van der Waals surface area contributed by atoms with Gasteiger partial charge in [-0.15, -0.1) is 5.10 Å². The van der Waals surface area contributed by atoms with E-state index in [0.29, 0.717) is 23.0 Å². The molecule has 4 aromatic rings. The van der Waals surface area contributed by atoms with Gasteiger partial charge in [-0.1, -0.05) is 42.5 Å². The van der Waals surface area contributed by atoms with E-state index in [4.69, 9.17) is 21.4 Å². The van der Waals surface area contributed by atoms with Crippen LogP contribution in [0.1, 0.15) is 11.1 Å². The van der Waals surface area contributed by atoms with Crippen molar-refractivity contribution in [3.63, 3.8) is 0 Å². The Bertz CT molecular complexity index is 1100. The number of nitrogens with one attached hydrogen (secondary N) is 1. The van der Waals surface area contributed by atoms with Crippen molar-refractivity contribution in [2.24, 2.45) is 5.10 Å². The van der Waals surface area contributed by atoms with Gasteiger partial charge in [0.1, 0.15) is 12.4 Å². The van der Waals surface area contributed by atoms with Crippen LogP contribution in [0.25, 0.3) is 11.6 Å². The summed E-state index contributed by atoms with van der Waals surface area (Å²) in [7, 11) is 0. The first-order valence-electron chi connectivity index (χ1n) is 8.32. The summed E-state index contributed by atoms with van der Waals surface area (Å²) in [6.45, 7) is 0.511. The quantitative estimate of drug-likeness (QED) is 0.392. The maximum Gasteiger partial charge on any atom is 0.219 e. The Balaban J connectivity index is 1.52. The number of benzene rings is 2. The Hall–Kier alpha value is -3.45. The average molecular weight is 376 g/mol. The van der Waals surface area contributed by atoms with Crippen LogP contribution in [0.15, 0.2) is 82.5 Å². The third kappa shape index (κ3) is 4.04. The zero-order chi connectivity index (χ0) is 18.5. The number of H-pyrrole nitrogens is 1. The second-order valence-corrected chi connectivity index (χ2v) is 6.12. The summed E-state index contributed by atoms with van der Waals surface area (Å²) < 4.78 is 13.1. The molecule has 0 amide bonds. The minimum Gasteiger partial charge on any atom is -0.489 e. The minimum atomic E-state index is 0.383. The van der Waals surface area contributed by atoms with Crippen molar-refractivity contribution in [1.29, 1.82) is 0 Å². The number of ether oxygens (including phenoxy) is 1. The van der Waals surface area contributed by atoms with E-state index in [0.717, 1.165) is 16.9 Å². The fourth-order valence-electron chi connectivity index (χ4n) is 2.51. The molecule has 0 bridgehead atoms. The zero-order valence-corrected chi connectivity index (χ0v) is 15.1. The minimum absolute atomic E-state index is 0.383. The van der Waals surface area contributed by atoms with Crippen molar-refractivity contribution < 1.29 is 9.15 Å². The van der Waals surface area contributed by atoms with Crippen molar-refractivity contribution in [3.05, 3.63) is 88.9 Å². The summed E-state index contributed by atoms with van der Waals surface area (Å²) in [5, 5.41) is 11.3. The number of hydrogen-bond donors (Lipinski definition) is 1. The molecule has 6 nitrogen and oxygen atoms in total. The first kappa shape index (κ1) is 17.0. The lowest BCUT2D eigenvalue weighted by Gasteiger charge is -2.06. The van der Waals surface area contributed by atoms with Crippen molar-refractivity contribution >= 4 is 18.4 Å². The maximum atomic E-state index is 5.85. The highest BCUT2D eigenvalue weighted by molar-refractivity contribution is 7.71. The molecule has 0 saturated heterocycles. The first-order chi connectivity index (χ1) is 13.3. The van der Waals surface area contributed by atoms with Crippen LogP contribution >= 0.6 is 12.2 Å². The number of rotatable bonds is 6. The van der Waals surface area contributed by atoms with E-state index >= 15 is 0 Å². The van der Waals surface area contributed by atoms with Gasteiger partial charge >= 0.3 is 0 Å². The highest BCUT2D eigenvalue weighted by Crippen LogP contribution is 2.18. The van der Waals surface area contributed by atoms with E-state index in [1.807, 2.05) is 54.6 Å². The lowest BCUT2D eigenvalue weighted by molar-refractivity contribution is 0.306. The molecule has 2 aromatic carbocycles. The molecular formula is C20H16N4O2S. The smallest absolute Gasteiger partial charge is 0.219 e. The van der Waals surface area contributed by atoms with Crippen molar-refractivity contribution in [2.45, 2.75) is 6.61 Å². The molecule has 0 saturated carbocycles. The van der Waals surface area contributed by atoms with E-state index in [1.165, 1.54) is 4.68 Å². The molecule has 7 heteroatoms. The van der Waals surface area contributed by atoms with Gasteiger partial charge in [-0.25, -0.2) is 5.10 Å². The third-order valence-corrected chi connectivity index (χ3v) is 4.08. The number of nitrogens with zero attached hydrogens (tertiary/aromatic N) is 3. The van der Waals surface area contributed by atoms with Crippen LogP contribution in [0.3, 0.4) is 0 Å². The predicted molar refractivity (Wildman–Crippen MR) is 105 cm³/mol. The van der Waals surface area contributed by atoms with Crippen LogP contribution in [-0.4, -0.2) is 21.1 Å². The largest absolute Gasteiger partial charge is 0.489 e. The second kappa shape index (κ2) is 7.84. The Labute approximate surface area is 160 Å². The molecule has 2 aromatic heterocycles. The number of furan rings is 1. The first-order valence-corrected chi connectivity index (χ1v) is 8.73. The molecule has 1 N–H and O–H groups in total. The summed E-state index contributed by atoms with van der Waals surface area (Å²) in [6.07, 6.45) is 3.28. The summed E-state index contributed by atoms with van der Waals surface area (Å²) in [5.74, 6) is 1.86. The highest BCUT2D eigenvalue weighted by atomic mass is 32.1. The fourth-order valence-corrected chi connectivity index (χ4v) is 2.69. The normalized spacial score (nSPS) is 11.1. The van der Waals surface area contributed by atoms with Crippen molar-refractivity contribution in [1.82, 2.24) is 14.9 Å². The summed E-state index contributed by atoms with van der Waals surface area (Å²) in [5.41, 5.74) is 2.00. The predicted octanol–water partition coefficient (Wildman–Crippen LogP) is 4.66. The zero-order valence-electron chi connectivity index (χ0n) is 14.3. The van der Waals surface area contributed by atoms with Gasteiger partial charge in [-0.05, 0) is 47.6 Å². The molecular weight excluding hydrogens is 360 g/mol. The lowest BCUT2D eigenvalue weighted by atomic mass is 10.2. The van der Waals surface area contributed by atoms with Gasteiger partial charge in [-0.2, -0.15) is 9.78 Å². The van der Waals surface area contributed by atoms with Crippen LogP contribution in [0.4, 0.5) is 0 Å². The molecule has 134 valence electrons. The van der Waals surface area contributed by atoms with E-state index in [9.17, 15) is 0 Å². The van der Waals surface area contributed by atoms with Crippen LogP contribution in [0, 0.1) is 4.77 Å². The molecule has 0 fully saturated rings. The number of hydrogen-bond acceptors (Lipinski definition) is 5. The van der Waals surface area contributed by atoms with Gasteiger partial charge < -0.3 is 9.15 Å². The van der Waals surface area contributed by atoms with E-state index in [-0.39, 0.29) is 0 Å². The van der Waals surface area contributed by atoms with Gasteiger partial charge in [0.05, 0.1) is 12.5 Å². The Morgan fingerprint density at radius 2 is 2.00 bits per heavy atom. The van der Waals surface area contributed by atoms with Gasteiger partial charge in [0, 0.05) is 0 Å². The van der Waals surface area contributed by atoms with E-state index in [2.05, 4.69) is 15.3 Å². The molecule has 27 heavy (non-hydrogen) atoms. The van der Waals surface area contributed by atoms with Gasteiger partial charge in [0.15, 0.2) is 5.76 Å². The van der Waals surface area contributed by atoms with Gasteiger partial charge in [-0.3, -0.25) is 0 Å². The summed E-state index contributed by atoms with van der Waals surface area (Å²) in [4.78, 5) is 0. The maximum absolute atomic E-state index is 5.85. The topological polar surface area (TPSA) is 68.3 Å². The Morgan fingerprint density at radius 3 is 2.81 bits per heavy atom. The average Bonchev–Trinajstić information content (AvgIpc) is 3.36. The number of aromatic nitrogens is 3. The SMILES string of the molecule is S=c1[nH]nc(-c2ccco2)n1/N=C/c1cccc(OCc2ccccc2)c1.